The summed E-state index contributed by atoms with van der Waals surface area (Å²) in [6.45, 7) is 0. The monoisotopic (exact) mass is 323 g/mol. The molecular formula is C21H25NO2. The Morgan fingerprint density at radius 3 is 2.04 bits per heavy atom. The van der Waals surface area contributed by atoms with Crippen molar-refractivity contribution < 1.29 is 9.84 Å². The van der Waals surface area contributed by atoms with Crippen LogP contribution in [-0.4, -0.2) is 41.3 Å². The van der Waals surface area contributed by atoms with E-state index in [0.29, 0.717) is 6.04 Å². The van der Waals surface area contributed by atoms with Crippen LogP contribution in [0.25, 0.3) is 0 Å². The van der Waals surface area contributed by atoms with Gasteiger partial charge in [0.2, 0.25) is 0 Å². The number of nitrogens with zero attached hydrogens (tertiary/aromatic N) is 1. The summed E-state index contributed by atoms with van der Waals surface area (Å²) in [6, 6.07) is 21.6. The minimum absolute atomic E-state index is 0.0441. The van der Waals surface area contributed by atoms with E-state index in [1.807, 2.05) is 12.1 Å². The molecule has 0 unspecified atom stereocenters. The number of fused-ring (bicyclic) bond motifs is 2. The Balaban J connectivity index is 1.57. The fraction of sp³-hybridized carbons (Fsp3) is 0.429. The summed E-state index contributed by atoms with van der Waals surface area (Å²) >= 11 is 0. The summed E-state index contributed by atoms with van der Waals surface area (Å²) in [6.07, 6.45) is 2.73. The first-order chi connectivity index (χ1) is 11.7. The average Bonchev–Trinajstić information content (AvgIpc) is 2.79. The number of benzene rings is 2. The highest BCUT2D eigenvalue weighted by molar-refractivity contribution is 5.30. The van der Waals surface area contributed by atoms with Gasteiger partial charge in [-0.1, -0.05) is 60.7 Å². The molecule has 4 rings (SSSR count). The maximum atomic E-state index is 10.3. The first kappa shape index (κ1) is 15.8. The minimum atomic E-state index is -0.208. The summed E-state index contributed by atoms with van der Waals surface area (Å²) in [5, 5.41) is 10.3. The van der Waals surface area contributed by atoms with Crippen LogP contribution in [0.4, 0.5) is 0 Å². The number of hydrogen-bond donors (Lipinski definition) is 1. The van der Waals surface area contributed by atoms with E-state index in [1.54, 1.807) is 0 Å². The highest BCUT2D eigenvalue weighted by Gasteiger charge is 2.45. The van der Waals surface area contributed by atoms with Crippen LogP contribution in [0, 0.1) is 0 Å². The molecule has 2 aliphatic heterocycles. The van der Waals surface area contributed by atoms with E-state index < -0.39 is 0 Å². The molecule has 2 aromatic rings. The van der Waals surface area contributed by atoms with Crippen molar-refractivity contribution in [3.05, 3.63) is 71.8 Å². The first-order valence-corrected chi connectivity index (χ1v) is 8.87. The molecule has 2 fully saturated rings. The van der Waals surface area contributed by atoms with Gasteiger partial charge in [-0.05, 0) is 37.4 Å². The first-order valence-electron chi connectivity index (χ1n) is 8.87. The predicted octanol–water partition coefficient (Wildman–Crippen LogP) is 3.39. The van der Waals surface area contributed by atoms with E-state index in [-0.39, 0.29) is 24.4 Å². The number of rotatable bonds is 4. The molecule has 0 radical (unpaired) electrons. The molecule has 1 N–H and O–H groups in total. The summed E-state index contributed by atoms with van der Waals surface area (Å²) in [5.74, 6) is 0. The number of aliphatic hydroxyl groups excluding tert-OH is 1. The van der Waals surface area contributed by atoms with Crippen LogP contribution in [0.5, 0.6) is 0 Å². The smallest absolute Gasteiger partial charge is 0.108 e. The third kappa shape index (κ3) is 3.00. The van der Waals surface area contributed by atoms with Crippen LogP contribution in [0.2, 0.25) is 0 Å². The quantitative estimate of drug-likeness (QED) is 0.936. The number of ether oxygens (including phenoxy) is 1. The average molecular weight is 323 g/mol. The third-order valence-corrected chi connectivity index (χ3v) is 5.63. The molecule has 0 aliphatic carbocycles. The maximum Gasteiger partial charge on any atom is 0.108 e. The van der Waals surface area contributed by atoms with Gasteiger partial charge in [-0.15, -0.1) is 0 Å². The molecule has 2 heterocycles. The van der Waals surface area contributed by atoms with Gasteiger partial charge in [0, 0.05) is 12.1 Å². The third-order valence-electron chi connectivity index (χ3n) is 5.63. The fourth-order valence-electron chi connectivity index (χ4n) is 4.31. The van der Waals surface area contributed by atoms with Gasteiger partial charge in [-0.25, -0.2) is 0 Å². The molecule has 2 saturated heterocycles. The number of piperidine rings is 1. The molecule has 24 heavy (non-hydrogen) atoms. The zero-order valence-corrected chi connectivity index (χ0v) is 14.1. The molecule has 3 heteroatoms. The Morgan fingerprint density at radius 1 is 0.917 bits per heavy atom. The Bertz CT molecular complexity index is 621. The van der Waals surface area contributed by atoms with Gasteiger partial charge in [0.25, 0.3) is 0 Å². The molecule has 0 saturated carbocycles. The summed E-state index contributed by atoms with van der Waals surface area (Å²) in [7, 11) is 2.13. The van der Waals surface area contributed by atoms with E-state index in [4.69, 9.17) is 4.74 Å². The highest BCUT2D eigenvalue weighted by Crippen LogP contribution is 2.38. The molecule has 0 aromatic heterocycles. The van der Waals surface area contributed by atoms with Crippen molar-refractivity contribution in [3.63, 3.8) is 0 Å². The molecule has 0 spiro atoms. The fourth-order valence-corrected chi connectivity index (χ4v) is 4.31. The lowest BCUT2D eigenvalue weighted by Gasteiger charge is -2.38. The topological polar surface area (TPSA) is 32.7 Å². The van der Waals surface area contributed by atoms with Crippen LogP contribution in [0.15, 0.2) is 60.7 Å². The largest absolute Gasteiger partial charge is 0.391 e. The van der Waals surface area contributed by atoms with Gasteiger partial charge in [0.15, 0.2) is 0 Å². The van der Waals surface area contributed by atoms with Crippen molar-refractivity contribution in [2.24, 2.45) is 0 Å². The lowest BCUT2D eigenvalue weighted by Crippen LogP contribution is -2.45. The Hall–Kier alpha value is -1.68. The molecule has 2 aliphatic rings. The van der Waals surface area contributed by atoms with Crippen LogP contribution >= 0.6 is 0 Å². The summed E-state index contributed by atoms with van der Waals surface area (Å²) in [5.41, 5.74) is 2.38. The van der Waals surface area contributed by atoms with Crippen LogP contribution in [0.1, 0.15) is 36.5 Å². The van der Waals surface area contributed by atoms with E-state index in [1.165, 1.54) is 11.1 Å². The van der Waals surface area contributed by atoms with E-state index in [2.05, 4.69) is 60.5 Å². The van der Waals surface area contributed by atoms with Gasteiger partial charge in [-0.2, -0.15) is 0 Å². The van der Waals surface area contributed by atoms with Gasteiger partial charge in [0.05, 0.1) is 12.2 Å². The molecule has 126 valence electrons. The molecule has 3 nitrogen and oxygen atoms in total. The number of likely N-dealkylation sites (N-methyl/N-ethyl adjacent to an activating group) is 1. The maximum absolute atomic E-state index is 10.3. The van der Waals surface area contributed by atoms with Gasteiger partial charge in [-0.3, -0.25) is 4.90 Å². The standard InChI is InChI=1S/C21H25NO2/c1-22-17-12-18(14-19(22)20(23)13-17)24-21(15-8-4-2-5-9-15)16-10-6-3-7-11-16/h2-11,17-21,23H,12-14H2,1H3/t17-,18-,19+,20-/m0/s1. The lowest BCUT2D eigenvalue weighted by atomic mass is 9.97. The number of aliphatic hydroxyl groups is 1. The summed E-state index contributed by atoms with van der Waals surface area (Å²) in [4.78, 5) is 2.34. The molecule has 2 bridgehead atoms. The van der Waals surface area contributed by atoms with Crippen LogP contribution < -0.4 is 0 Å². The second-order valence-corrected chi connectivity index (χ2v) is 7.12. The van der Waals surface area contributed by atoms with Gasteiger partial charge >= 0.3 is 0 Å². The van der Waals surface area contributed by atoms with Crippen molar-refractivity contribution in [3.8, 4) is 0 Å². The normalized spacial score (nSPS) is 30.0. The number of hydrogen-bond acceptors (Lipinski definition) is 3. The van der Waals surface area contributed by atoms with Crippen molar-refractivity contribution in [1.82, 2.24) is 4.90 Å². The second kappa shape index (κ2) is 6.67. The van der Waals surface area contributed by atoms with Crippen molar-refractivity contribution >= 4 is 0 Å². The van der Waals surface area contributed by atoms with Crippen LogP contribution in [0.3, 0.4) is 0 Å². The molecular weight excluding hydrogens is 298 g/mol. The van der Waals surface area contributed by atoms with Crippen LogP contribution in [-0.2, 0) is 4.74 Å². The van der Waals surface area contributed by atoms with E-state index in [9.17, 15) is 5.11 Å². The van der Waals surface area contributed by atoms with Crippen molar-refractivity contribution in [2.75, 3.05) is 7.05 Å². The Labute approximate surface area is 143 Å². The van der Waals surface area contributed by atoms with Crippen molar-refractivity contribution in [1.29, 1.82) is 0 Å². The van der Waals surface area contributed by atoms with E-state index >= 15 is 0 Å². The van der Waals surface area contributed by atoms with Gasteiger partial charge in [0.1, 0.15) is 6.10 Å². The molecule has 4 atom stereocenters. The zero-order valence-electron chi connectivity index (χ0n) is 14.1. The minimum Gasteiger partial charge on any atom is -0.391 e. The van der Waals surface area contributed by atoms with Gasteiger partial charge < -0.3 is 9.84 Å². The Kier molecular flexibility index (Phi) is 4.40. The van der Waals surface area contributed by atoms with Crippen molar-refractivity contribution in [2.45, 2.75) is 49.7 Å². The molecule has 2 aromatic carbocycles. The van der Waals surface area contributed by atoms with E-state index in [0.717, 1.165) is 19.3 Å². The highest BCUT2D eigenvalue weighted by atomic mass is 16.5. The lowest BCUT2D eigenvalue weighted by molar-refractivity contribution is -0.0495. The zero-order chi connectivity index (χ0) is 16.5. The second-order valence-electron chi connectivity index (χ2n) is 7.12. The molecule has 0 amide bonds. The Morgan fingerprint density at radius 2 is 1.50 bits per heavy atom. The predicted molar refractivity (Wildman–Crippen MR) is 94.8 cm³/mol. The SMILES string of the molecule is CN1[C@H]2C[C@H](OC(c3ccccc3)c3ccccc3)C[C@@H]1[C@@H](O)C2. The summed E-state index contributed by atoms with van der Waals surface area (Å²) < 4.78 is 6.60.